The van der Waals surface area contributed by atoms with Gasteiger partial charge in [0.1, 0.15) is 5.69 Å². The number of furan rings is 1. The molecule has 0 unspecified atom stereocenters. The van der Waals surface area contributed by atoms with Crippen molar-refractivity contribution in [2.45, 2.75) is 18.9 Å². The van der Waals surface area contributed by atoms with Gasteiger partial charge in [0.05, 0.1) is 12.0 Å². The number of carbonyl (C=O) groups is 1. The molecule has 0 aliphatic carbocycles. The van der Waals surface area contributed by atoms with E-state index in [2.05, 4.69) is 5.10 Å². The highest BCUT2D eigenvalue weighted by Gasteiger charge is 2.25. The zero-order valence-electron chi connectivity index (χ0n) is 14.5. The lowest BCUT2D eigenvalue weighted by atomic mass is 10.1. The van der Waals surface area contributed by atoms with Gasteiger partial charge < -0.3 is 15.1 Å². The number of hydrogen-bond acceptors (Lipinski definition) is 4. The SMILES string of the molecule is Cl.NC1CCN(C(=O)c2cc(-c3ccco3)n(-c3ccc(Cl)cc3)n2)CC1. The lowest BCUT2D eigenvalue weighted by molar-refractivity contribution is 0.0708. The Labute approximate surface area is 168 Å². The first-order chi connectivity index (χ1) is 12.6. The van der Waals surface area contributed by atoms with Crippen molar-refractivity contribution in [3.8, 4) is 17.1 Å². The second-order valence-corrected chi connectivity index (χ2v) is 6.85. The third-order valence-electron chi connectivity index (χ3n) is 4.60. The Bertz CT molecular complexity index is 898. The van der Waals surface area contributed by atoms with Gasteiger partial charge in [-0.15, -0.1) is 12.4 Å². The average molecular weight is 407 g/mol. The van der Waals surface area contributed by atoms with E-state index >= 15 is 0 Å². The van der Waals surface area contributed by atoms with E-state index in [0.29, 0.717) is 29.6 Å². The summed E-state index contributed by atoms with van der Waals surface area (Å²) < 4.78 is 7.24. The first kappa shape index (κ1) is 19.5. The third-order valence-corrected chi connectivity index (χ3v) is 4.85. The highest BCUT2D eigenvalue weighted by atomic mass is 35.5. The second-order valence-electron chi connectivity index (χ2n) is 6.41. The fourth-order valence-electron chi connectivity index (χ4n) is 3.13. The zero-order chi connectivity index (χ0) is 18.1. The van der Waals surface area contributed by atoms with E-state index in [4.69, 9.17) is 21.8 Å². The highest BCUT2D eigenvalue weighted by molar-refractivity contribution is 6.30. The summed E-state index contributed by atoms with van der Waals surface area (Å²) in [6, 6.07) is 12.9. The molecule has 1 aromatic carbocycles. The summed E-state index contributed by atoms with van der Waals surface area (Å²) in [4.78, 5) is 14.7. The Kier molecular flexibility index (Phi) is 5.89. The molecule has 2 N–H and O–H groups in total. The van der Waals surface area contributed by atoms with Gasteiger partial charge in [0.15, 0.2) is 11.5 Å². The van der Waals surface area contributed by atoms with Crippen molar-refractivity contribution in [2.24, 2.45) is 5.73 Å². The molecule has 6 nitrogen and oxygen atoms in total. The van der Waals surface area contributed by atoms with Crippen LogP contribution in [0, 0.1) is 0 Å². The first-order valence-electron chi connectivity index (χ1n) is 8.56. The van der Waals surface area contributed by atoms with Crippen LogP contribution in [0.15, 0.2) is 53.1 Å². The van der Waals surface area contributed by atoms with Crippen molar-refractivity contribution in [3.05, 3.63) is 59.4 Å². The maximum absolute atomic E-state index is 12.9. The third kappa shape index (κ3) is 4.03. The van der Waals surface area contributed by atoms with Gasteiger partial charge in [-0.3, -0.25) is 4.79 Å². The van der Waals surface area contributed by atoms with Gasteiger partial charge in [0, 0.05) is 30.2 Å². The molecular weight excluding hydrogens is 387 g/mol. The highest BCUT2D eigenvalue weighted by Crippen LogP contribution is 2.26. The zero-order valence-corrected chi connectivity index (χ0v) is 16.1. The van der Waals surface area contributed by atoms with Crippen LogP contribution in [0.3, 0.4) is 0 Å². The molecule has 1 aliphatic rings. The van der Waals surface area contributed by atoms with Crippen LogP contribution in [0.1, 0.15) is 23.3 Å². The maximum atomic E-state index is 12.9. The predicted octanol–water partition coefficient (Wildman–Crippen LogP) is 3.77. The van der Waals surface area contributed by atoms with E-state index in [-0.39, 0.29) is 24.4 Å². The molecule has 0 atom stereocenters. The van der Waals surface area contributed by atoms with E-state index in [9.17, 15) is 4.79 Å². The minimum absolute atomic E-state index is 0. The number of carbonyl (C=O) groups excluding carboxylic acids is 1. The molecule has 1 fully saturated rings. The van der Waals surface area contributed by atoms with Gasteiger partial charge in [-0.2, -0.15) is 5.10 Å². The predicted molar refractivity (Wildman–Crippen MR) is 107 cm³/mol. The van der Waals surface area contributed by atoms with Crippen molar-refractivity contribution in [2.75, 3.05) is 13.1 Å². The topological polar surface area (TPSA) is 77.3 Å². The van der Waals surface area contributed by atoms with Crippen LogP contribution in [0.25, 0.3) is 17.1 Å². The van der Waals surface area contributed by atoms with E-state index in [0.717, 1.165) is 24.2 Å². The van der Waals surface area contributed by atoms with Gasteiger partial charge >= 0.3 is 0 Å². The van der Waals surface area contributed by atoms with Crippen LogP contribution in [0.2, 0.25) is 5.02 Å². The number of benzene rings is 1. The van der Waals surface area contributed by atoms with Crippen molar-refractivity contribution in [3.63, 3.8) is 0 Å². The van der Waals surface area contributed by atoms with Gasteiger partial charge in [-0.25, -0.2) is 4.68 Å². The number of likely N-dealkylation sites (tertiary alicyclic amines) is 1. The number of nitrogens with two attached hydrogens (primary N) is 1. The molecule has 8 heteroatoms. The molecule has 142 valence electrons. The van der Waals surface area contributed by atoms with Crippen molar-refractivity contribution in [1.29, 1.82) is 0 Å². The summed E-state index contributed by atoms with van der Waals surface area (Å²) in [5.74, 6) is 0.560. The van der Waals surface area contributed by atoms with Crippen molar-refractivity contribution < 1.29 is 9.21 Å². The molecule has 0 spiro atoms. The molecule has 0 bridgehead atoms. The van der Waals surface area contributed by atoms with Gasteiger partial charge in [-0.1, -0.05) is 11.6 Å². The Balaban J connectivity index is 0.00000210. The lowest BCUT2D eigenvalue weighted by Gasteiger charge is -2.29. The van der Waals surface area contributed by atoms with Crippen LogP contribution in [0.4, 0.5) is 0 Å². The molecule has 1 amide bonds. The molecule has 3 heterocycles. The fourth-order valence-corrected chi connectivity index (χ4v) is 3.26. The quantitative estimate of drug-likeness (QED) is 0.717. The van der Waals surface area contributed by atoms with Crippen LogP contribution in [0.5, 0.6) is 0 Å². The Morgan fingerprint density at radius 3 is 2.52 bits per heavy atom. The average Bonchev–Trinajstić information content (AvgIpc) is 3.32. The summed E-state index contributed by atoms with van der Waals surface area (Å²) in [5.41, 5.74) is 7.85. The monoisotopic (exact) mass is 406 g/mol. The smallest absolute Gasteiger partial charge is 0.274 e. The largest absolute Gasteiger partial charge is 0.463 e. The van der Waals surface area contributed by atoms with E-state index < -0.39 is 0 Å². The molecule has 27 heavy (non-hydrogen) atoms. The van der Waals surface area contributed by atoms with Crippen LogP contribution in [-0.2, 0) is 0 Å². The molecule has 1 aliphatic heterocycles. The van der Waals surface area contributed by atoms with Crippen LogP contribution < -0.4 is 5.73 Å². The molecule has 1 saturated heterocycles. The number of hydrogen-bond donors (Lipinski definition) is 1. The summed E-state index contributed by atoms with van der Waals surface area (Å²) in [7, 11) is 0. The maximum Gasteiger partial charge on any atom is 0.274 e. The molecule has 3 aromatic rings. The minimum atomic E-state index is -0.0857. The number of amides is 1. The normalized spacial score (nSPS) is 14.8. The van der Waals surface area contributed by atoms with Crippen molar-refractivity contribution >= 4 is 29.9 Å². The molecule has 0 radical (unpaired) electrons. The van der Waals surface area contributed by atoms with Gasteiger partial charge in [0.2, 0.25) is 0 Å². The Hall–Kier alpha value is -2.28. The fraction of sp³-hybridized carbons (Fsp3) is 0.263. The van der Waals surface area contributed by atoms with E-state index in [1.807, 2.05) is 29.2 Å². The van der Waals surface area contributed by atoms with E-state index in [1.165, 1.54) is 0 Å². The summed E-state index contributed by atoms with van der Waals surface area (Å²) in [5, 5.41) is 5.19. The van der Waals surface area contributed by atoms with Crippen molar-refractivity contribution in [1.82, 2.24) is 14.7 Å². The van der Waals surface area contributed by atoms with Crippen LogP contribution in [-0.4, -0.2) is 39.7 Å². The number of piperidine rings is 1. The van der Waals surface area contributed by atoms with Crippen LogP contribution >= 0.6 is 24.0 Å². The second kappa shape index (κ2) is 8.17. The Morgan fingerprint density at radius 2 is 1.89 bits per heavy atom. The van der Waals surface area contributed by atoms with Gasteiger partial charge in [0.25, 0.3) is 5.91 Å². The molecular formula is C19H20Cl2N4O2. The summed E-state index contributed by atoms with van der Waals surface area (Å²) in [6.45, 7) is 1.31. The summed E-state index contributed by atoms with van der Waals surface area (Å²) >= 11 is 5.99. The Morgan fingerprint density at radius 1 is 1.19 bits per heavy atom. The number of nitrogens with zero attached hydrogens (tertiary/aromatic N) is 3. The minimum Gasteiger partial charge on any atom is -0.463 e. The van der Waals surface area contributed by atoms with Gasteiger partial charge in [-0.05, 0) is 49.2 Å². The number of halogens is 2. The lowest BCUT2D eigenvalue weighted by Crippen LogP contribution is -2.43. The number of aromatic nitrogens is 2. The molecule has 0 saturated carbocycles. The summed E-state index contributed by atoms with van der Waals surface area (Å²) in [6.07, 6.45) is 3.23. The molecule has 4 rings (SSSR count). The first-order valence-corrected chi connectivity index (χ1v) is 8.94. The molecule has 2 aromatic heterocycles. The van der Waals surface area contributed by atoms with E-state index in [1.54, 1.807) is 29.1 Å². The standard InChI is InChI=1S/C19H19ClN4O2.ClH/c20-13-3-5-15(6-4-13)24-17(18-2-1-11-26-18)12-16(22-24)19(25)23-9-7-14(21)8-10-23;/h1-6,11-12,14H,7-10,21H2;1H. The number of rotatable bonds is 3.